The molecule has 194 valence electrons. The van der Waals surface area contributed by atoms with Gasteiger partial charge in [-0.15, -0.1) is 0 Å². The van der Waals surface area contributed by atoms with E-state index >= 15 is 0 Å². The van der Waals surface area contributed by atoms with Crippen molar-refractivity contribution < 1.29 is 4.79 Å². The number of piperidine rings is 2. The molecule has 3 heterocycles. The summed E-state index contributed by atoms with van der Waals surface area (Å²) in [6.45, 7) is 4.69. The first-order chi connectivity index (χ1) is 17.5. The first-order valence-electron chi connectivity index (χ1n) is 13.7. The van der Waals surface area contributed by atoms with E-state index in [-0.39, 0.29) is 17.5 Å². The number of rotatable bonds is 6. The SMILES string of the molecule is CN1CCCC[C@H]1CN[C@H](Cc1ccc(Cl)cc1)C(=O)N1CCC2(CC1)c1ccccc1CCN2C. The van der Waals surface area contributed by atoms with E-state index in [0.29, 0.717) is 12.5 Å². The summed E-state index contributed by atoms with van der Waals surface area (Å²) < 4.78 is 0. The molecular formula is C30H41ClN4O. The minimum atomic E-state index is -0.216. The van der Waals surface area contributed by atoms with Crippen molar-refractivity contribution in [3.63, 3.8) is 0 Å². The van der Waals surface area contributed by atoms with Crippen LogP contribution in [-0.4, -0.2) is 79.5 Å². The highest BCUT2D eigenvalue weighted by Gasteiger charge is 2.44. The Labute approximate surface area is 221 Å². The van der Waals surface area contributed by atoms with Crippen molar-refractivity contribution >= 4 is 17.5 Å². The second-order valence-corrected chi connectivity index (χ2v) is 11.5. The number of fused-ring (bicyclic) bond motifs is 2. The summed E-state index contributed by atoms with van der Waals surface area (Å²) in [5.74, 6) is 0.241. The number of hydrogen-bond acceptors (Lipinski definition) is 4. The number of hydrogen-bond donors (Lipinski definition) is 1. The third-order valence-corrected chi connectivity index (χ3v) is 9.29. The molecule has 2 atom stereocenters. The van der Waals surface area contributed by atoms with Crippen molar-refractivity contribution in [3.8, 4) is 0 Å². The van der Waals surface area contributed by atoms with E-state index in [1.165, 1.54) is 30.4 Å². The Balaban J connectivity index is 1.29. The van der Waals surface area contributed by atoms with Gasteiger partial charge in [0.2, 0.25) is 5.91 Å². The molecule has 0 aliphatic carbocycles. The van der Waals surface area contributed by atoms with Gasteiger partial charge in [0.25, 0.3) is 0 Å². The molecule has 2 fully saturated rings. The van der Waals surface area contributed by atoms with E-state index < -0.39 is 0 Å². The number of carbonyl (C=O) groups excluding carboxylic acids is 1. The summed E-state index contributed by atoms with van der Waals surface area (Å²) in [5, 5.41) is 4.43. The van der Waals surface area contributed by atoms with Crippen LogP contribution >= 0.6 is 11.6 Å². The highest BCUT2D eigenvalue weighted by atomic mass is 35.5. The molecule has 1 amide bonds. The topological polar surface area (TPSA) is 38.8 Å². The minimum absolute atomic E-state index is 0.0511. The highest BCUT2D eigenvalue weighted by Crippen LogP contribution is 2.42. The monoisotopic (exact) mass is 508 g/mol. The number of carbonyl (C=O) groups is 1. The van der Waals surface area contributed by atoms with Crippen LogP contribution in [0.1, 0.15) is 48.8 Å². The van der Waals surface area contributed by atoms with E-state index in [2.05, 4.69) is 70.5 Å². The Morgan fingerprint density at radius 2 is 1.78 bits per heavy atom. The van der Waals surface area contributed by atoms with Gasteiger partial charge in [0.05, 0.1) is 6.04 Å². The fourth-order valence-corrected chi connectivity index (χ4v) is 6.78. The number of amides is 1. The quantitative estimate of drug-likeness (QED) is 0.630. The van der Waals surface area contributed by atoms with Crippen LogP contribution in [-0.2, 0) is 23.2 Å². The fraction of sp³-hybridized carbons (Fsp3) is 0.567. The molecule has 5 nitrogen and oxygen atoms in total. The molecule has 5 rings (SSSR count). The molecule has 0 aromatic heterocycles. The standard InChI is InChI=1S/C30H41ClN4O/c1-33-17-6-5-8-26(33)22-32-28(21-23-10-12-25(31)13-11-23)29(36)35-19-15-30(16-20-35)27-9-4-3-7-24(27)14-18-34(30)2/h3-4,7,9-13,26,28,32H,5-6,8,14-22H2,1-2H3/t26-,28+/m0/s1. The molecule has 1 spiro atoms. The molecule has 36 heavy (non-hydrogen) atoms. The van der Waals surface area contributed by atoms with Crippen molar-refractivity contribution in [2.24, 2.45) is 0 Å². The Morgan fingerprint density at radius 1 is 1.03 bits per heavy atom. The van der Waals surface area contributed by atoms with Crippen LogP contribution in [0.25, 0.3) is 0 Å². The zero-order chi connectivity index (χ0) is 25.1. The van der Waals surface area contributed by atoms with Gasteiger partial charge in [-0.1, -0.05) is 54.4 Å². The zero-order valence-electron chi connectivity index (χ0n) is 21.9. The van der Waals surface area contributed by atoms with Gasteiger partial charge in [-0.3, -0.25) is 9.69 Å². The minimum Gasteiger partial charge on any atom is -0.341 e. The highest BCUT2D eigenvalue weighted by molar-refractivity contribution is 6.30. The number of likely N-dealkylation sites (N-methyl/N-ethyl adjacent to an activating group) is 2. The van der Waals surface area contributed by atoms with Crippen molar-refractivity contribution in [2.75, 3.05) is 46.8 Å². The van der Waals surface area contributed by atoms with Crippen LogP contribution in [0.4, 0.5) is 0 Å². The van der Waals surface area contributed by atoms with Gasteiger partial charge in [-0.05, 0) is 88.0 Å². The summed E-state index contributed by atoms with van der Waals surface area (Å²) in [7, 11) is 4.48. The van der Waals surface area contributed by atoms with Crippen molar-refractivity contribution in [2.45, 2.75) is 62.6 Å². The molecule has 2 aromatic rings. The Kier molecular flexibility index (Phi) is 8.02. The maximum atomic E-state index is 13.9. The third kappa shape index (κ3) is 5.35. The third-order valence-electron chi connectivity index (χ3n) is 9.04. The molecule has 2 saturated heterocycles. The van der Waals surface area contributed by atoms with Gasteiger partial charge < -0.3 is 15.1 Å². The lowest BCUT2D eigenvalue weighted by atomic mass is 9.74. The van der Waals surface area contributed by atoms with E-state index in [0.717, 1.165) is 62.6 Å². The van der Waals surface area contributed by atoms with Crippen LogP contribution in [0.3, 0.4) is 0 Å². The molecule has 6 heteroatoms. The lowest BCUT2D eigenvalue weighted by Gasteiger charge is -2.51. The van der Waals surface area contributed by atoms with Crippen molar-refractivity contribution in [3.05, 3.63) is 70.2 Å². The van der Waals surface area contributed by atoms with Crippen molar-refractivity contribution in [1.29, 1.82) is 0 Å². The molecule has 2 aromatic carbocycles. The molecule has 3 aliphatic rings. The van der Waals surface area contributed by atoms with E-state index in [1.807, 2.05) is 12.1 Å². The molecule has 0 bridgehead atoms. The van der Waals surface area contributed by atoms with Gasteiger partial charge in [0.15, 0.2) is 0 Å². The molecule has 0 radical (unpaired) electrons. The van der Waals surface area contributed by atoms with Gasteiger partial charge >= 0.3 is 0 Å². The Hall–Kier alpha value is -1.92. The number of likely N-dealkylation sites (tertiary alicyclic amines) is 2. The number of halogens is 1. The molecule has 3 aliphatic heterocycles. The Bertz CT molecular complexity index is 1030. The average Bonchev–Trinajstić information content (AvgIpc) is 2.91. The number of nitrogens with one attached hydrogen (secondary N) is 1. The predicted octanol–water partition coefficient (Wildman–Crippen LogP) is 4.33. The summed E-state index contributed by atoms with van der Waals surface area (Å²) in [5.41, 5.74) is 4.16. The van der Waals surface area contributed by atoms with Gasteiger partial charge in [0, 0.05) is 42.8 Å². The average molecular weight is 509 g/mol. The van der Waals surface area contributed by atoms with Crippen LogP contribution in [0.15, 0.2) is 48.5 Å². The second kappa shape index (κ2) is 11.2. The van der Waals surface area contributed by atoms with Gasteiger partial charge in [-0.2, -0.15) is 0 Å². The van der Waals surface area contributed by atoms with E-state index in [4.69, 9.17) is 11.6 Å². The lowest BCUT2D eigenvalue weighted by molar-refractivity contribution is -0.136. The zero-order valence-corrected chi connectivity index (χ0v) is 22.6. The largest absolute Gasteiger partial charge is 0.341 e. The molecule has 0 saturated carbocycles. The second-order valence-electron chi connectivity index (χ2n) is 11.1. The smallest absolute Gasteiger partial charge is 0.240 e. The molecule has 1 N–H and O–H groups in total. The maximum absolute atomic E-state index is 13.9. The first kappa shape index (κ1) is 25.7. The summed E-state index contributed by atoms with van der Waals surface area (Å²) in [6.07, 6.45) is 7.53. The maximum Gasteiger partial charge on any atom is 0.240 e. The van der Waals surface area contributed by atoms with Gasteiger partial charge in [-0.25, -0.2) is 0 Å². The summed E-state index contributed by atoms with van der Waals surface area (Å²) >= 11 is 6.13. The van der Waals surface area contributed by atoms with Crippen LogP contribution in [0.5, 0.6) is 0 Å². The predicted molar refractivity (Wildman–Crippen MR) is 147 cm³/mol. The summed E-state index contributed by atoms with van der Waals surface area (Å²) in [4.78, 5) is 21.0. The normalized spacial score (nSPS) is 23.4. The Morgan fingerprint density at radius 3 is 2.53 bits per heavy atom. The van der Waals surface area contributed by atoms with E-state index in [9.17, 15) is 4.79 Å². The van der Waals surface area contributed by atoms with Crippen molar-refractivity contribution in [1.82, 2.24) is 20.0 Å². The first-order valence-corrected chi connectivity index (χ1v) is 14.1. The summed E-state index contributed by atoms with van der Waals surface area (Å²) in [6, 6.07) is 17.2. The van der Waals surface area contributed by atoms with Crippen LogP contribution in [0, 0.1) is 0 Å². The molecular weight excluding hydrogens is 468 g/mol. The van der Waals surface area contributed by atoms with Crippen LogP contribution in [0.2, 0.25) is 5.02 Å². The van der Waals surface area contributed by atoms with Gasteiger partial charge in [0.1, 0.15) is 0 Å². The molecule has 0 unspecified atom stereocenters. The fourth-order valence-electron chi connectivity index (χ4n) is 6.65. The van der Waals surface area contributed by atoms with Crippen LogP contribution < -0.4 is 5.32 Å². The number of benzene rings is 2. The lowest BCUT2D eigenvalue weighted by Crippen LogP contribution is -2.58. The van der Waals surface area contributed by atoms with E-state index in [1.54, 1.807) is 0 Å². The number of nitrogens with zero attached hydrogens (tertiary/aromatic N) is 3.